The first kappa shape index (κ1) is 8.50. The number of hydrogen-bond donors (Lipinski definition) is 2. The van der Waals surface area contributed by atoms with E-state index in [1.54, 1.807) is 6.07 Å². The Balaban J connectivity index is 2.61. The van der Waals surface area contributed by atoms with Gasteiger partial charge >= 0.3 is 0 Å². The molecule has 0 fully saturated rings. The number of phenols is 1. The van der Waals surface area contributed by atoms with Crippen LogP contribution < -0.4 is 5.90 Å². The van der Waals surface area contributed by atoms with E-state index < -0.39 is 0 Å². The van der Waals surface area contributed by atoms with Crippen molar-refractivity contribution in [3.05, 3.63) is 29.1 Å². The summed E-state index contributed by atoms with van der Waals surface area (Å²) >= 11 is 1.49. The predicted octanol–water partition coefficient (Wildman–Crippen LogP) is 2.00. The summed E-state index contributed by atoms with van der Waals surface area (Å²) in [5, 5.41) is 12.4. The molecule has 1 heterocycles. The summed E-state index contributed by atoms with van der Waals surface area (Å²) in [5.74, 6) is 5.30. The van der Waals surface area contributed by atoms with Gasteiger partial charge in [-0.05, 0) is 17.0 Å². The summed E-state index contributed by atoms with van der Waals surface area (Å²) in [5.41, 5.74) is 1.01. The Bertz CT molecular complexity index is 424. The Kier molecular flexibility index (Phi) is 2.18. The first-order valence-electron chi connectivity index (χ1n) is 3.82. The molecule has 1 aromatic carbocycles. The molecule has 0 aliphatic rings. The molecule has 0 spiro atoms. The highest BCUT2D eigenvalue weighted by atomic mass is 32.1. The van der Waals surface area contributed by atoms with E-state index in [0.29, 0.717) is 12.4 Å². The molecule has 0 amide bonds. The highest BCUT2D eigenvalue weighted by molar-refractivity contribution is 7.17. The summed E-state index contributed by atoms with van der Waals surface area (Å²) in [6.45, 7) is 0.378. The van der Waals surface area contributed by atoms with E-state index in [0.717, 1.165) is 15.6 Å². The number of fused-ring (bicyclic) bond motifs is 1. The van der Waals surface area contributed by atoms with Crippen LogP contribution in [0.1, 0.15) is 5.56 Å². The topological polar surface area (TPSA) is 55.5 Å². The maximum absolute atomic E-state index is 9.49. The zero-order valence-corrected chi connectivity index (χ0v) is 7.67. The molecule has 68 valence electrons. The van der Waals surface area contributed by atoms with Crippen molar-refractivity contribution in [1.29, 1.82) is 0 Å². The maximum Gasteiger partial charge on any atom is 0.133 e. The summed E-state index contributed by atoms with van der Waals surface area (Å²) < 4.78 is 0.884. The molecule has 0 unspecified atom stereocenters. The van der Waals surface area contributed by atoms with Crippen LogP contribution in [0, 0.1) is 0 Å². The molecule has 3 N–H and O–H groups in total. The summed E-state index contributed by atoms with van der Waals surface area (Å²) in [6, 6.07) is 5.43. The molecule has 0 aliphatic carbocycles. The van der Waals surface area contributed by atoms with Gasteiger partial charge < -0.3 is 5.11 Å². The molecule has 2 rings (SSSR count). The molecule has 0 radical (unpaired) electrons. The van der Waals surface area contributed by atoms with Gasteiger partial charge in [-0.25, -0.2) is 5.90 Å². The van der Waals surface area contributed by atoms with E-state index in [1.807, 2.05) is 17.5 Å². The van der Waals surface area contributed by atoms with Gasteiger partial charge in [-0.2, -0.15) is 0 Å². The summed E-state index contributed by atoms with van der Waals surface area (Å²) in [4.78, 5) is 4.56. The van der Waals surface area contributed by atoms with E-state index in [4.69, 9.17) is 5.90 Å². The Morgan fingerprint density at radius 2 is 2.31 bits per heavy atom. The van der Waals surface area contributed by atoms with Crippen molar-refractivity contribution in [2.75, 3.05) is 0 Å². The average molecular weight is 195 g/mol. The van der Waals surface area contributed by atoms with Gasteiger partial charge in [0.25, 0.3) is 0 Å². The lowest BCUT2D eigenvalue weighted by Gasteiger charge is -1.97. The van der Waals surface area contributed by atoms with Crippen molar-refractivity contribution in [1.82, 2.24) is 0 Å². The highest BCUT2D eigenvalue weighted by Crippen LogP contribution is 2.32. The van der Waals surface area contributed by atoms with Crippen molar-refractivity contribution >= 4 is 21.4 Å². The number of rotatable bonds is 2. The predicted molar refractivity (Wildman–Crippen MR) is 52.5 cm³/mol. The molecule has 3 nitrogen and oxygen atoms in total. The third-order valence-corrected chi connectivity index (χ3v) is 2.97. The number of hydrogen-bond acceptors (Lipinski definition) is 4. The summed E-state index contributed by atoms with van der Waals surface area (Å²) in [6.07, 6.45) is 0. The van der Waals surface area contributed by atoms with Gasteiger partial charge in [0.2, 0.25) is 0 Å². The zero-order valence-electron chi connectivity index (χ0n) is 6.86. The lowest BCUT2D eigenvalue weighted by atomic mass is 10.2. The first-order chi connectivity index (χ1) is 6.33. The van der Waals surface area contributed by atoms with Crippen LogP contribution in [0.4, 0.5) is 0 Å². The van der Waals surface area contributed by atoms with Crippen molar-refractivity contribution < 1.29 is 9.94 Å². The largest absolute Gasteiger partial charge is 0.506 e. The lowest BCUT2D eigenvalue weighted by molar-refractivity contribution is 0.125. The van der Waals surface area contributed by atoms with Gasteiger partial charge in [0.1, 0.15) is 5.75 Å². The number of thiophene rings is 1. The molecule has 0 atom stereocenters. The van der Waals surface area contributed by atoms with Crippen molar-refractivity contribution in [3.63, 3.8) is 0 Å². The molecule has 0 saturated carbocycles. The van der Waals surface area contributed by atoms with Gasteiger partial charge in [-0.3, -0.25) is 4.84 Å². The third kappa shape index (κ3) is 1.39. The minimum Gasteiger partial charge on any atom is -0.506 e. The molecule has 13 heavy (non-hydrogen) atoms. The second kappa shape index (κ2) is 3.33. The van der Waals surface area contributed by atoms with Crippen molar-refractivity contribution in [2.24, 2.45) is 5.90 Å². The van der Waals surface area contributed by atoms with Crippen LogP contribution in [0.5, 0.6) is 5.75 Å². The molecule has 4 heteroatoms. The van der Waals surface area contributed by atoms with Crippen molar-refractivity contribution in [3.8, 4) is 5.75 Å². The number of benzene rings is 1. The molecule has 0 saturated heterocycles. The molecule has 1 aromatic heterocycles. The Hall–Kier alpha value is -1.10. The lowest BCUT2D eigenvalue weighted by Crippen LogP contribution is -1.97. The fourth-order valence-electron chi connectivity index (χ4n) is 1.30. The average Bonchev–Trinajstić information content (AvgIpc) is 2.51. The van der Waals surface area contributed by atoms with E-state index >= 15 is 0 Å². The van der Waals surface area contributed by atoms with Gasteiger partial charge in [0.15, 0.2) is 0 Å². The monoisotopic (exact) mass is 195 g/mol. The van der Waals surface area contributed by atoms with Crippen LogP contribution in [-0.2, 0) is 11.4 Å². The molecule has 2 aromatic rings. The van der Waals surface area contributed by atoms with Crippen LogP contribution in [0.25, 0.3) is 10.1 Å². The normalized spacial score (nSPS) is 10.8. The molecule has 0 bridgehead atoms. The van der Waals surface area contributed by atoms with Crippen LogP contribution in [0.3, 0.4) is 0 Å². The Morgan fingerprint density at radius 1 is 1.46 bits per heavy atom. The molecular weight excluding hydrogens is 186 g/mol. The van der Waals surface area contributed by atoms with Crippen LogP contribution in [0.2, 0.25) is 0 Å². The van der Waals surface area contributed by atoms with Gasteiger partial charge in [0, 0.05) is 5.39 Å². The Morgan fingerprint density at radius 3 is 3.08 bits per heavy atom. The second-order valence-corrected chi connectivity index (χ2v) is 3.61. The standard InChI is InChI=1S/C9H9NO2S/c10-12-4-6-5-13-9-7(6)2-1-3-8(9)11/h1-3,5,11H,4,10H2. The second-order valence-electron chi connectivity index (χ2n) is 2.73. The fourth-order valence-corrected chi connectivity index (χ4v) is 2.27. The smallest absolute Gasteiger partial charge is 0.133 e. The number of phenolic OH excluding ortho intramolecular Hbond substituents is 1. The quantitative estimate of drug-likeness (QED) is 0.720. The van der Waals surface area contributed by atoms with Crippen LogP contribution >= 0.6 is 11.3 Å². The number of nitrogens with two attached hydrogens (primary N) is 1. The van der Waals surface area contributed by atoms with E-state index in [9.17, 15) is 5.11 Å². The van der Waals surface area contributed by atoms with Gasteiger partial charge in [-0.15, -0.1) is 11.3 Å². The van der Waals surface area contributed by atoms with E-state index in [2.05, 4.69) is 4.84 Å². The minimum absolute atomic E-state index is 0.311. The van der Waals surface area contributed by atoms with Crippen molar-refractivity contribution in [2.45, 2.75) is 6.61 Å². The first-order valence-corrected chi connectivity index (χ1v) is 4.70. The van der Waals surface area contributed by atoms with E-state index in [1.165, 1.54) is 11.3 Å². The SMILES string of the molecule is NOCc1csc2c(O)cccc12. The third-order valence-electron chi connectivity index (χ3n) is 1.90. The minimum atomic E-state index is 0.311. The maximum atomic E-state index is 9.49. The fraction of sp³-hybridized carbons (Fsp3) is 0.111. The van der Waals surface area contributed by atoms with Crippen LogP contribution in [0.15, 0.2) is 23.6 Å². The van der Waals surface area contributed by atoms with Gasteiger partial charge in [0.05, 0.1) is 11.3 Å². The molecule has 0 aliphatic heterocycles. The highest BCUT2D eigenvalue weighted by Gasteiger charge is 2.06. The van der Waals surface area contributed by atoms with Gasteiger partial charge in [-0.1, -0.05) is 12.1 Å². The van der Waals surface area contributed by atoms with E-state index in [-0.39, 0.29) is 0 Å². The summed E-state index contributed by atoms with van der Waals surface area (Å²) in [7, 11) is 0. The van der Waals surface area contributed by atoms with Crippen LogP contribution in [-0.4, -0.2) is 5.11 Å². The number of aromatic hydroxyl groups is 1. The molecular formula is C9H9NO2S. The Labute approximate surface area is 79.3 Å². The zero-order chi connectivity index (χ0) is 9.26.